The third kappa shape index (κ3) is 3.78. The summed E-state index contributed by atoms with van der Waals surface area (Å²) in [5, 5.41) is 0. The van der Waals surface area contributed by atoms with Crippen molar-refractivity contribution in [1.82, 2.24) is 4.90 Å². The summed E-state index contributed by atoms with van der Waals surface area (Å²) in [5.41, 5.74) is 6.29. The molecular weight excluding hydrogens is 264 g/mol. The molecule has 2 unspecified atom stereocenters. The number of nitrogens with two attached hydrogens (primary N) is 1. The highest BCUT2D eigenvalue weighted by Gasteiger charge is 2.40. The molecular formula is C17H30N2O2. The maximum absolute atomic E-state index is 12.4. The molecule has 0 aromatic heterocycles. The predicted octanol–water partition coefficient (Wildman–Crippen LogP) is 2.31. The fourth-order valence-corrected chi connectivity index (χ4v) is 3.77. The molecule has 0 aromatic carbocycles. The van der Waals surface area contributed by atoms with Gasteiger partial charge in [0.25, 0.3) is 0 Å². The lowest BCUT2D eigenvalue weighted by Crippen LogP contribution is -2.57. The largest absolute Gasteiger partial charge is 0.376 e. The summed E-state index contributed by atoms with van der Waals surface area (Å²) in [5.74, 6) is 1.46. The Morgan fingerprint density at radius 1 is 1.14 bits per heavy atom. The number of carbonyl (C=O) groups excluding carboxylic acids is 1. The molecule has 2 saturated carbocycles. The molecule has 1 saturated heterocycles. The van der Waals surface area contributed by atoms with Gasteiger partial charge in [0, 0.05) is 18.5 Å². The Morgan fingerprint density at radius 2 is 1.86 bits per heavy atom. The van der Waals surface area contributed by atoms with Gasteiger partial charge in [0.2, 0.25) is 5.91 Å². The number of carbonyl (C=O) groups is 1. The lowest BCUT2D eigenvalue weighted by atomic mass is 9.89. The van der Waals surface area contributed by atoms with E-state index in [1.807, 2.05) is 4.90 Å². The molecule has 3 rings (SSSR count). The second-order valence-corrected chi connectivity index (χ2v) is 7.39. The third-order valence-electron chi connectivity index (χ3n) is 5.51. The van der Waals surface area contributed by atoms with Crippen molar-refractivity contribution < 1.29 is 9.53 Å². The average Bonchev–Trinajstić information content (AvgIpc) is 3.31. The van der Waals surface area contributed by atoms with Gasteiger partial charge in [0.15, 0.2) is 0 Å². The summed E-state index contributed by atoms with van der Waals surface area (Å²) in [6, 6.07) is 0.190. The maximum Gasteiger partial charge on any atom is 0.226 e. The van der Waals surface area contributed by atoms with Crippen molar-refractivity contribution in [2.24, 2.45) is 17.6 Å². The van der Waals surface area contributed by atoms with Crippen molar-refractivity contribution in [2.75, 3.05) is 13.2 Å². The van der Waals surface area contributed by atoms with E-state index in [9.17, 15) is 4.79 Å². The molecule has 1 amide bonds. The number of piperidine rings is 1. The molecule has 0 aromatic rings. The standard InChI is InChI=1S/C17H30N2O2/c1-12-4-8-14(9-5-12)21-11-16-15(18)3-2-10-19(16)17(20)13-6-7-13/h12-16H,2-11,18H2,1H3. The van der Waals surface area contributed by atoms with Crippen LogP contribution in [0.2, 0.25) is 0 Å². The number of nitrogens with zero attached hydrogens (tertiary/aromatic N) is 1. The molecule has 3 aliphatic rings. The Bertz CT molecular complexity index is 362. The smallest absolute Gasteiger partial charge is 0.226 e. The topological polar surface area (TPSA) is 55.6 Å². The zero-order valence-electron chi connectivity index (χ0n) is 13.3. The molecule has 3 fully saturated rings. The Balaban J connectivity index is 1.53. The van der Waals surface area contributed by atoms with E-state index in [2.05, 4.69) is 6.92 Å². The van der Waals surface area contributed by atoms with Crippen molar-refractivity contribution in [3.8, 4) is 0 Å². The van der Waals surface area contributed by atoms with Crippen molar-refractivity contribution in [3.05, 3.63) is 0 Å². The molecule has 4 nitrogen and oxygen atoms in total. The van der Waals surface area contributed by atoms with E-state index in [-0.39, 0.29) is 18.0 Å². The molecule has 2 N–H and O–H groups in total. The first kappa shape index (κ1) is 15.3. The number of ether oxygens (including phenoxy) is 1. The highest BCUT2D eigenvalue weighted by atomic mass is 16.5. The summed E-state index contributed by atoms with van der Waals surface area (Å²) in [4.78, 5) is 14.5. The van der Waals surface area contributed by atoms with E-state index in [4.69, 9.17) is 10.5 Å². The summed E-state index contributed by atoms with van der Waals surface area (Å²) < 4.78 is 6.15. The van der Waals surface area contributed by atoms with Gasteiger partial charge in [-0.15, -0.1) is 0 Å². The Kier molecular flexibility index (Phi) is 4.85. The molecule has 2 atom stereocenters. The van der Waals surface area contributed by atoms with Crippen LogP contribution in [-0.4, -0.2) is 42.1 Å². The van der Waals surface area contributed by atoms with Gasteiger partial charge < -0.3 is 15.4 Å². The first-order chi connectivity index (χ1) is 10.1. The van der Waals surface area contributed by atoms with Crippen molar-refractivity contribution >= 4 is 5.91 Å². The van der Waals surface area contributed by atoms with Crippen molar-refractivity contribution in [1.29, 1.82) is 0 Å². The van der Waals surface area contributed by atoms with Crippen LogP contribution in [0.4, 0.5) is 0 Å². The molecule has 120 valence electrons. The second-order valence-electron chi connectivity index (χ2n) is 7.39. The summed E-state index contributed by atoms with van der Waals surface area (Å²) >= 11 is 0. The van der Waals surface area contributed by atoms with Crippen molar-refractivity contribution in [3.63, 3.8) is 0 Å². The Hall–Kier alpha value is -0.610. The van der Waals surface area contributed by atoms with Crippen LogP contribution in [0.3, 0.4) is 0 Å². The second kappa shape index (κ2) is 6.66. The first-order valence-corrected chi connectivity index (χ1v) is 8.83. The van der Waals surface area contributed by atoms with E-state index in [0.29, 0.717) is 18.6 Å². The molecule has 21 heavy (non-hydrogen) atoms. The third-order valence-corrected chi connectivity index (χ3v) is 5.51. The van der Waals surface area contributed by atoms with E-state index in [1.165, 1.54) is 25.7 Å². The molecule has 4 heteroatoms. The van der Waals surface area contributed by atoms with Crippen LogP contribution in [0.1, 0.15) is 58.3 Å². The van der Waals surface area contributed by atoms with Crippen LogP contribution in [-0.2, 0) is 9.53 Å². The molecule has 0 spiro atoms. The molecule has 0 bridgehead atoms. The van der Waals surface area contributed by atoms with E-state index in [0.717, 1.165) is 38.1 Å². The van der Waals surface area contributed by atoms with Gasteiger partial charge in [-0.3, -0.25) is 4.79 Å². The summed E-state index contributed by atoms with van der Waals surface area (Å²) in [6.45, 7) is 3.83. The minimum Gasteiger partial charge on any atom is -0.376 e. The Labute approximate surface area is 128 Å². The highest BCUT2D eigenvalue weighted by molar-refractivity contribution is 5.81. The van der Waals surface area contributed by atoms with Crippen LogP contribution in [0.25, 0.3) is 0 Å². The maximum atomic E-state index is 12.4. The van der Waals surface area contributed by atoms with Crippen LogP contribution < -0.4 is 5.73 Å². The van der Waals surface area contributed by atoms with Gasteiger partial charge in [-0.2, -0.15) is 0 Å². The lowest BCUT2D eigenvalue weighted by Gasteiger charge is -2.40. The number of rotatable bonds is 4. The lowest BCUT2D eigenvalue weighted by molar-refractivity contribution is -0.139. The van der Waals surface area contributed by atoms with Gasteiger partial charge in [0.05, 0.1) is 18.8 Å². The fourth-order valence-electron chi connectivity index (χ4n) is 3.77. The Morgan fingerprint density at radius 3 is 2.52 bits per heavy atom. The van der Waals surface area contributed by atoms with Crippen molar-refractivity contribution in [2.45, 2.75) is 76.5 Å². The van der Waals surface area contributed by atoms with Crippen LogP contribution in [0, 0.1) is 11.8 Å². The van der Waals surface area contributed by atoms with Gasteiger partial charge in [-0.1, -0.05) is 6.92 Å². The number of amides is 1. The van der Waals surface area contributed by atoms with Gasteiger partial charge >= 0.3 is 0 Å². The first-order valence-electron chi connectivity index (χ1n) is 8.83. The monoisotopic (exact) mass is 294 g/mol. The molecule has 2 aliphatic carbocycles. The minimum atomic E-state index is 0.0870. The van der Waals surface area contributed by atoms with E-state index in [1.54, 1.807) is 0 Å². The number of likely N-dealkylation sites (tertiary alicyclic amines) is 1. The zero-order chi connectivity index (χ0) is 14.8. The molecule has 1 heterocycles. The zero-order valence-corrected chi connectivity index (χ0v) is 13.3. The van der Waals surface area contributed by atoms with Gasteiger partial charge in [0.1, 0.15) is 0 Å². The average molecular weight is 294 g/mol. The molecule has 1 aliphatic heterocycles. The minimum absolute atomic E-state index is 0.0870. The van der Waals surface area contributed by atoms with E-state index < -0.39 is 0 Å². The summed E-state index contributed by atoms with van der Waals surface area (Å²) in [6.07, 6.45) is 9.45. The van der Waals surface area contributed by atoms with Gasteiger partial charge in [-0.05, 0) is 57.3 Å². The summed E-state index contributed by atoms with van der Waals surface area (Å²) in [7, 11) is 0. The van der Waals surface area contributed by atoms with Crippen LogP contribution in [0.15, 0.2) is 0 Å². The normalized spacial score (nSPS) is 37.5. The van der Waals surface area contributed by atoms with Crippen LogP contribution in [0.5, 0.6) is 0 Å². The quantitative estimate of drug-likeness (QED) is 0.865. The predicted molar refractivity (Wildman–Crippen MR) is 82.8 cm³/mol. The fraction of sp³-hybridized carbons (Fsp3) is 0.941. The SMILES string of the molecule is CC1CCC(OCC2C(N)CCCN2C(=O)C2CC2)CC1. The number of hydrogen-bond donors (Lipinski definition) is 1. The van der Waals surface area contributed by atoms with Gasteiger partial charge in [-0.25, -0.2) is 0 Å². The highest BCUT2D eigenvalue weighted by Crippen LogP contribution is 2.33. The molecule has 0 radical (unpaired) electrons. The number of hydrogen-bond acceptors (Lipinski definition) is 3. The van der Waals surface area contributed by atoms with Crippen LogP contribution >= 0.6 is 0 Å². The van der Waals surface area contributed by atoms with E-state index >= 15 is 0 Å².